The van der Waals surface area contributed by atoms with Crippen LogP contribution in [-0.4, -0.2) is 10.2 Å². The zero-order chi connectivity index (χ0) is 15.5. The topological polar surface area (TPSA) is 64.9 Å². The number of rotatable bonds is 4. The van der Waals surface area contributed by atoms with E-state index in [1.165, 1.54) is 11.1 Å². The number of benzene rings is 2. The van der Waals surface area contributed by atoms with Gasteiger partial charge in [-0.25, -0.2) is 0 Å². The van der Waals surface area contributed by atoms with Gasteiger partial charge in [0.1, 0.15) is 0 Å². The first kappa shape index (κ1) is 14.5. The third-order valence-electron chi connectivity index (χ3n) is 3.65. The molecule has 1 aromatic heterocycles. The maximum atomic E-state index is 5.88. The largest absolute Gasteiger partial charge is 0.425 e. The Kier molecular flexibility index (Phi) is 4.02. The average molecular weight is 293 g/mol. The molecule has 2 aromatic carbocycles. The van der Waals surface area contributed by atoms with E-state index < -0.39 is 0 Å². The van der Waals surface area contributed by atoms with Crippen molar-refractivity contribution in [2.24, 2.45) is 5.73 Å². The first-order valence-corrected chi connectivity index (χ1v) is 7.35. The normalized spacial score (nSPS) is 12.3. The molecule has 0 amide bonds. The van der Waals surface area contributed by atoms with E-state index in [9.17, 15) is 0 Å². The zero-order valence-electron chi connectivity index (χ0n) is 12.8. The van der Waals surface area contributed by atoms with E-state index in [2.05, 4.69) is 58.7 Å². The van der Waals surface area contributed by atoms with Crippen molar-refractivity contribution in [2.45, 2.75) is 26.3 Å². The molecule has 0 fully saturated rings. The molecule has 3 rings (SSSR count). The van der Waals surface area contributed by atoms with Crippen LogP contribution in [0, 0.1) is 6.92 Å². The minimum atomic E-state index is 0.0642. The van der Waals surface area contributed by atoms with Crippen molar-refractivity contribution in [3.05, 3.63) is 71.4 Å². The molecule has 0 saturated carbocycles. The second-order valence-electron chi connectivity index (χ2n) is 5.50. The maximum absolute atomic E-state index is 5.88. The quantitative estimate of drug-likeness (QED) is 0.797. The number of hydrogen-bond acceptors (Lipinski definition) is 4. The highest BCUT2D eigenvalue weighted by atomic mass is 16.4. The van der Waals surface area contributed by atoms with Crippen molar-refractivity contribution in [1.29, 1.82) is 0 Å². The molecule has 0 spiro atoms. The molecular formula is C18H19N3O. The van der Waals surface area contributed by atoms with Gasteiger partial charge in [0.05, 0.1) is 6.42 Å². The van der Waals surface area contributed by atoms with Gasteiger partial charge in [0.2, 0.25) is 11.8 Å². The van der Waals surface area contributed by atoms with Crippen LogP contribution in [0.15, 0.2) is 52.9 Å². The van der Waals surface area contributed by atoms with E-state index in [-0.39, 0.29) is 6.04 Å². The Hall–Kier alpha value is -2.46. The number of aromatic nitrogens is 2. The molecule has 3 aromatic rings. The minimum absolute atomic E-state index is 0.0642. The SMILES string of the molecule is Cc1nnc(Cc2ccc(-c3ccc(C(C)N)cc3)cc2)o1. The van der Waals surface area contributed by atoms with Gasteiger partial charge in [0, 0.05) is 13.0 Å². The van der Waals surface area contributed by atoms with Gasteiger partial charge in [0.25, 0.3) is 0 Å². The van der Waals surface area contributed by atoms with Crippen LogP contribution >= 0.6 is 0 Å². The molecule has 0 aliphatic heterocycles. The summed E-state index contributed by atoms with van der Waals surface area (Å²) in [6, 6.07) is 16.8. The fourth-order valence-corrected chi connectivity index (χ4v) is 2.38. The molecule has 0 radical (unpaired) electrons. The van der Waals surface area contributed by atoms with Crippen LogP contribution < -0.4 is 5.73 Å². The number of aryl methyl sites for hydroxylation is 1. The summed E-state index contributed by atoms with van der Waals surface area (Å²) < 4.78 is 5.40. The lowest BCUT2D eigenvalue weighted by molar-refractivity contribution is 0.477. The molecule has 0 saturated heterocycles. The van der Waals surface area contributed by atoms with Crippen LogP contribution in [0.2, 0.25) is 0 Å². The van der Waals surface area contributed by atoms with Crippen molar-refractivity contribution < 1.29 is 4.42 Å². The van der Waals surface area contributed by atoms with E-state index in [4.69, 9.17) is 10.2 Å². The first-order chi connectivity index (χ1) is 10.6. The van der Waals surface area contributed by atoms with Crippen molar-refractivity contribution in [2.75, 3.05) is 0 Å². The van der Waals surface area contributed by atoms with Gasteiger partial charge in [-0.3, -0.25) is 0 Å². The van der Waals surface area contributed by atoms with Crippen molar-refractivity contribution >= 4 is 0 Å². The fraction of sp³-hybridized carbons (Fsp3) is 0.222. The molecule has 1 heterocycles. The number of hydrogen-bond donors (Lipinski definition) is 1. The molecule has 0 bridgehead atoms. The third kappa shape index (κ3) is 3.23. The molecule has 4 nitrogen and oxygen atoms in total. The standard InChI is InChI=1S/C18H19N3O/c1-12(19)15-7-9-17(10-8-15)16-5-3-14(4-6-16)11-18-21-20-13(2)22-18/h3-10,12H,11,19H2,1-2H3. The van der Waals surface area contributed by atoms with Crippen LogP contribution in [0.1, 0.15) is 35.9 Å². The lowest BCUT2D eigenvalue weighted by Gasteiger charge is -2.07. The summed E-state index contributed by atoms with van der Waals surface area (Å²) in [6.07, 6.45) is 0.657. The molecular weight excluding hydrogens is 274 g/mol. The predicted octanol–water partition coefficient (Wildman–Crippen LogP) is 3.66. The molecule has 1 unspecified atom stereocenters. The first-order valence-electron chi connectivity index (χ1n) is 7.35. The van der Waals surface area contributed by atoms with Gasteiger partial charge < -0.3 is 10.2 Å². The monoisotopic (exact) mass is 293 g/mol. The summed E-state index contributed by atoms with van der Waals surface area (Å²) in [5.74, 6) is 1.24. The lowest BCUT2D eigenvalue weighted by Crippen LogP contribution is -2.04. The summed E-state index contributed by atoms with van der Waals surface area (Å²) in [4.78, 5) is 0. The fourth-order valence-electron chi connectivity index (χ4n) is 2.38. The molecule has 1 atom stereocenters. The van der Waals surface area contributed by atoms with E-state index in [1.54, 1.807) is 6.92 Å². The Balaban J connectivity index is 1.76. The van der Waals surface area contributed by atoms with Crippen molar-refractivity contribution in [1.82, 2.24) is 10.2 Å². The second-order valence-corrected chi connectivity index (χ2v) is 5.50. The minimum Gasteiger partial charge on any atom is -0.425 e. The van der Waals surface area contributed by atoms with Crippen LogP contribution in [0.4, 0.5) is 0 Å². The average Bonchev–Trinajstić information content (AvgIpc) is 2.93. The number of nitrogens with zero attached hydrogens (tertiary/aromatic N) is 2. The molecule has 0 aliphatic carbocycles. The second kappa shape index (κ2) is 6.12. The summed E-state index contributed by atoms with van der Waals surface area (Å²) in [6.45, 7) is 3.79. The van der Waals surface area contributed by atoms with E-state index in [1.807, 2.05) is 6.92 Å². The van der Waals surface area contributed by atoms with Crippen LogP contribution in [0.5, 0.6) is 0 Å². The predicted molar refractivity (Wildman–Crippen MR) is 86.3 cm³/mol. The Morgan fingerprint density at radius 3 is 2.05 bits per heavy atom. The highest BCUT2D eigenvalue weighted by Crippen LogP contribution is 2.22. The van der Waals surface area contributed by atoms with Crippen LogP contribution in [0.25, 0.3) is 11.1 Å². The molecule has 112 valence electrons. The lowest BCUT2D eigenvalue weighted by atomic mass is 10.00. The zero-order valence-corrected chi connectivity index (χ0v) is 12.8. The summed E-state index contributed by atoms with van der Waals surface area (Å²) in [5, 5.41) is 7.86. The Morgan fingerprint density at radius 1 is 0.955 bits per heavy atom. The van der Waals surface area contributed by atoms with Crippen LogP contribution in [-0.2, 0) is 6.42 Å². The molecule has 2 N–H and O–H groups in total. The van der Waals surface area contributed by atoms with Gasteiger partial charge in [-0.2, -0.15) is 0 Å². The maximum Gasteiger partial charge on any atom is 0.220 e. The summed E-state index contributed by atoms with van der Waals surface area (Å²) in [5.41, 5.74) is 10.5. The summed E-state index contributed by atoms with van der Waals surface area (Å²) in [7, 11) is 0. The van der Waals surface area contributed by atoms with Gasteiger partial charge in [-0.05, 0) is 29.2 Å². The van der Waals surface area contributed by atoms with Gasteiger partial charge in [-0.15, -0.1) is 10.2 Å². The van der Waals surface area contributed by atoms with Crippen molar-refractivity contribution in [3.63, 3.8) is 0 Å². The Morgan fingerprint density at radius 2 is 1.55 bits per heavy atom. The number of nitrogens with two attached hydrogens (primary N) is 1. The summed E-state index contributed by atoms with van der Waals surface area (Å²) >= 11 is 0. The van der Waals surface area contributed by atoms with Gasteiger partial charge >= 0.3 is 0 Å². The van der Waals surface area contributed by atoms with Gasteiger partial charge in [-0.1, -0.05) is 48.5 Å². The van der Waals surface area contributed by atoms with Gasteiger partial charge in [0.15, 0.2) is 0 Å². The van der Waals surface area contributed by atoms with E-state index in [0.717, 1.165) is 11.1 Å². The molecule has 0 aliphatic rings. The van der Waals surface area contributed by atoms with Crippen molar-refractivity contribution in [3.8, 4) is 11.1 Å². The highest BCUT2D eigenvalue weighted by molar-refractivity contribution is 5.64. The Bertz CT molecular complexity index is 743. The molecule has 22 heavy (non-hydrogen) atoms. The highest BCUT2D eigenvalue weighted by Gasteiger charge is 2.05. The van der Waals surface area contributed by atoms with Crippen LogP contribution in [0.3, 0.4) is 0 Å². The van der Waals surface area contributed by atoms with E-state index >= 15 is 0 Å². The smallest absolute Gasteiger partial charge is 0.220 e. The molecule has 4 heteroatoms. The van der Waals surface area contributed by atoms with E-state index in [0.29, 0.717) is 18.2 Å². The Labute approximate surface area is 130 Å². The third-order valence-corrected chi connectivity index (χ3v) is 3.65.